The molecule has 6 nitrogen and oxygen atoms in total. The number of rotatable bonds is 7. The van der Waals surface area contributed by atoms with Gasteiger partial charge in [0.25, 0.3) is 5.91 Å². The number of hydrogen-bond donors (Lipinski definition) is 2. The van der Waals surface area contributed by atoms with Crippen LogP contribution in [-0.2, 0) is 9.53 Å². The second-order valence-corrected chi connectivity index (χ2v) is 8.22. The molecule has 0 saturated carbocycles. The summed E-state index contributed by atoms with van der Waals surface area (Å²) in [5, 5.41) is 6.26. The number of nitrogens with zero attached hydrogens (tertiary/aromatic N) is 1. The fourth-order valence-corrected chi connectivity index (χ4v) is 4.02. The van der Waals surface area contributed by atoms with E-state index in [1.54, 1.807) is 24.3 Å². The van der Waals surface area contributed by atoms with Gasteiger partial charge in [-0.15, -0.1) is 0 Å². The van der Waals surface area contributed by atoms with Crippen molar-refractivity contribution in [3.05, 3.63) is 95.0 Å². The first-order valence-electron chi connectivity index (χ1n) is 10.9. The average molecular weight is 464 g/mol. The van der Waals surface area contributed by atoms with Crippen LogP contribution in [0.2, 0.25) is 5.02 Å². The molecule has 0 aliphatic carbocycles. The average Bonchev–Trinajstić information content (AvgIpc) is 2.85. The van der Waals surface area contributed by atoms with E-state index in [-0.39, 0.29) is 18.2 Å². The maximum absolute atomic E-state index is 12.9. The first-order chi connectivity index (χ1) is 16.1. The number of halogens is 1. The maximum Gasteiger partial charge on any atom is 0.253 e. The minimum absolute atomic E-state index is 0.0887. The molecule has 2 N–H and O–H groups in total. The molecule has 3 aromatic carbocycles. The van der Waals surface area contributed by atoms with Crippen LogP contribution in [0.1, 0.15) is 28.4 Å². The summed E-state index contributed by atoms with van der Waals surface area (Å²) in [6.45, 7) is 3.16. The Morgan fingerprint density at radius 1 is 0.909 bits per heavy atom. The molecule has 0 aromatic heterocycles. The number of benzene rings is 3. The van der Waals surface area contributed by atoms with E-state index >= 15 is 0 Å². The van der Waals surface area contributed by atoms with Gasteiger partial charge in [-0.3, -0.25) is 9.59 Å². The molecule has 4 rings (SSSR count). The Labute approximate surface area is 198 Å². The Morgan fingerprint density at radius 2 is 1.58 bits per heavy atom. The smallest absolute Gasteiger partial charge is 0.253 e. The van der Waals surface area contributed by atoms with Gasteiger partial charge in [-0.1, -0.05) is 54.1 Å². The monoisotopic (exact) mass is 463 g/mol. The van der Waals surface area contributed by atoms with Crippen LogP contribution in [0.25, 0.3) is 0 Å². The molecule has 1 atom stereocenters. The number of carbonyl (C=O) groups excluding carboxylic acids is 2. The van der Waals surface area contributed by atoms with Crippen molar-refractivity contribution in [1.29, 1.82) is 0 Å². The third-order valence-electron chi connectivity index (χ3n) is 5.54. The molecular formula is C26H26ClN3O3. The van der Waals surface area contributed by atoms with E-state index in [1.807, 2.05) is 54.6 Å². The van der Waals surface area contributed by atoms with E-state index in [0.717, 1.165) is 37.6 Å². The Balaban J connectivity index is 1.43. The number of morpholine rings is 1. The Hall–Kier alpha value is -3.35. The zero-order valence-electron chi connectivity index (χ0n) is 18.2. The molecule has 7 heteroatoms. The normalized spacial score (nSPS) is 14.4. The van der Waals surface area contributed by atoms with Crippen molar-refractivity contribution in [3.63, 3.8) is 0 Å². The van der Waals surface area contributed by atoms with Gasteiger partial charge in [-0.25, -0.2) is 0 Å². The van der Waals surface area contributed by atoms with Crippen molar-refractivity contribution in [1.82, 2.24) is 5.32 Å². The molecule has 1 fully saturated rings. The molecule has 1 heterocycles. The van der Waals surface area contributed by atoms with Crippen LogP contribution in [0.3, 0.4) is 0 Å². The van der Waals surface area contributed by atoms with Gasteiger partial charge >= 0.3 is 0 Å². The van der Waals surface area contributed by atoms with Crippen molar-refractivity contribution < 1.29 is 14.3 Å². The van der Waals surface area contributed by atoms with Gasteiger partial charge in [-0.05, 0) is 42.0 Å². The minimum Gasteiger partial charge on any atom is -0.378 e. The third-order valence-corrected chi connectivity index (χ3v) is 5.87. The number of anilines is 2. The van der Waals surface area contributed by atoms with Crippen LogP contribution in [0, 0.1) is 0 Å². The number of ether oxygens (including phenoxy) is 1. The van der Waals surface area contributed by atoms with Crippen molar-refractivity contribution in [3.8, 4) is 0 Å². The lowest BCUT2D eigenvalue weighted by Gasteiger charge is -2.28. The van der Waals surface area contributed by atoms with E-state index in [2.05, 4.69) is 15.5 Å². The summed E-state index contributed by atoms with van der Waals surface area (Å²) >= 11 is 6.18. The molecule has 0 bridgehead atoms. The third kappa shape index (κ3) is 6.12. The molecule has 3 aromatic rings. The topological polar surface area (TPSA) is 70.7 Å². The van der Waals surface area contributed by atoms with Crippen LogP contribution < -0.4 is 15.5 Å². The molecule has 0 unspecified atom stereocenters. The number of hydrogen-bond acceptors (Lipinski definition) is 4. The number of nitrogens with one attached hydrogen (secondary N) is 2. The quantitative estimate of drug-likeness (QED) is 0.534. The van der Waals surface area contributed by atoms with Crippen molar-refractivity contribution in [2.45, 2.75) is 12.5 Å². The van der Waals surface area contributed by atoms with Crippen LogP contribution in [0.5, 0.6) is 0 Å². The van der Waals surface area contributed by atoms with Crippen LogP contribution in [-0.4, -0.2) is 38.1 Å². The minimum atomic E-state index is -0.498. The molecule has 1 saturated heterocycles. The van der Waals surface area contributed by atoms with Gasteiger partial charge in [0.2, 0.25) is 5.91 Å². The molecule has 170 valence electrons. The zero-order chi connectivity index (χ0) is 23.0. The lowest BCUT2D eigenvalue weighted by Crippen LogP contribution is -2.36. The summed E-state index contributed by atoms with van der Waals surface area (Å²) in [7, 11) is 0. The summed E-state index contributed by atoms with van der Waals surface area (Å²) in [6.07, 6.45) is 0.0887. The van der Waals surface area contributed by atoms with Gasteiger partial charge in [-0.2, -0.15) is 0 Å². The van der Waals surface area contributed by atoms with Crippen molar-refractivity contribution in [2.24, 2.45) is 0 Å². The van der Waals surface area contributed by atoms with Crippen LogP contribution in [0.4, 0.5) is 11.4 Å². The van der Waals surface area contributed by atoms with E-state index in [4.69, 9.17) is 16.3 Å². The summed E-state index contributed by atoms with van der Waals surface area (Å²) in [6, 6.07) is 23.6. The second kappa shape index (κ2) is 11.0. The highest BCUT2D eigenvalue weighted by molar-refractivity contribution is 6.33. The van der Waals surface area contributed by atoms with Gasteiger partial charge in [0, 0.05) is 24.5 Å². The summed E-state index contributed by atoms with van der Waals surface area (Å²) in [5.41, 5.74) is 3.03. The summed E-state index contributed by atoms with van der Waals surface area (Å²) in [5.74, 6) is -0.514. The fraction of sp³-hybridized carbons (Fsp3) is 0.231. The molecular weight excluding hydrogens is 438 g/mol. The first-order valence-corrected chi connectivity index (χ1v) is 11.3. The molecule has 1 aliphatic heterocycles. The van der Waals surface area contributed by atoms with Gasteiger partial charge in [0.15, 0.2) is 0 Å². The largest absolute Gasteiger partial charge is 0.378 e. The fourth-order valence-electron chi connectivity index (χ4n) is 3.79. The van der Waals surface area contributed by atoms with Gasteiger partial charge in [0.05, 0.1) is 36.3 Å². The van der Waals surface area contributed by atoms with E-state index in [1.165, 1.54) is 0 Å². The SMILES string of the molecule is O=C(C[C@H](NC(=O)c1ccccc1Cl)c1ccccc1)Nc1ccc(N2CCOCC2)cc1. The standard InChI is InChI=1S/C26H26ClN3O3/c27-23-9-5-4-8-22(23)26(32)29-24(19-6-2-1-3-7-19)18-25(31)28-20-10-12-21(13-11-20)30-14-16-33-17-15-30/h1-13,24H,14-18H2,(H,28,31)(H,29,32)/t24-/m0/s1. The van der Waals surface area contributed by atoms with E-state index in [9.17, 15) is 9.59 Å². The van der Waals surface area contributed by atoms with Crippen LogP contribution >= 0.6 is 11.6 Å². The molecule has 2 amide bonds. The lowest BCUT2D eigenvalue weighted by molar-refractivity contribution is -0.116. The summed E-state index contributed by atoms with van der Waals surface area (Å²) < 4.78 is 5.40. The molecule has 0 radical (unpaired) electrons. The predicted molar refractivity (Wildman–Crippen MR) is 131 cm³/mol. The zero-order valence-corrected chi connectivity index (χ0v) is 18.9. The van der Waals surface area contributed by atoms with E-state index in [0.29, 0.717) is 16.3 Å². The molecule has 33 heavy (non-hydrogen) atoms. The summed E-state index contributed by atoms with van der Waals surface area (Å²) in [4.78, 5) is 27.9. The maximum atomic E-state index is 12.9. The Morgan fingerprint density at radius 3 is 2.27 bits per heavy atom. The van der Waals surface area contributed by atoms with E-state index < -0.39 is 6.04 Å². The Bertz CT molecular complexity index is 1080. The highest BCUT2D eigenvalue weighted by atomic mass is 35.5. The highest BCUT2D eigenvalue weighted by Gasteiger charge is 2.20. The lowest BCUT2D eigenvalue weighted by atomic mass is 10.0. The van der Waals surface area contributed by atoms with Gasteiger partial charge in [0.1, 0.15) is 0 Å². The first kappa shape index (κ1) is 22.8. The Kier molecular flexibility index (Phi) is 7.60. The second-order valence-electron chi connectivity index (χ2n) is 7.82. The molecule has 0 spiro atoms. The number of amides is 2. The van der Waals surface area contributed by atoms with Gasteiger partial charge < -0.3 is 20.3 Å². The van der Waals surface area contributed by atoms with Crippen molar-refractivity contribution >= 4 is 34.8 Å². The van der Waals surface area contributed by atoms with Crippen LogP contribution in [0.15, 0.2) is 78.9 Å². The van der Waals surface area contributed by atoms with Crippen molar-refractivity contribution in [2.75, 3.05) is 36.5 Å². The molecule has 1 aliphatic rings. The highest BCUT2D eigenvalue weighted by Crippen LogP contribution is 2.22. The predicted octanol–water partition coefficient (Wildman–Crippen LogP) is 4.68. The number of carbonyl (C=O) groups is 2.